The number of nitrogens with zero attached hydrogens (tertiary/aromatic N) is 2. The predicted octanol–water partition coefficient (Wildman–Crippen LogP) is 3.25. The highest BCUT2D eigenvalue weighted by atomic mass is 35.5. The summed E-state index contributed by atoms with van der Waals surface area (Å²) in [6, 6.07) is 5.63. The average molecular weight is 440 g/mol. The number of benzene rings is 1. The minimum Gasteiger partial charge on any atom is -0.394 e. The molecule has 0 spiro atoms. The van der Waals surface area contributed by atoms with E-state index in [0.29, 0.717) is 6.42 Å². The summed E-state index contributed by atoms with van der Waals surface area (Å²) in [6.45, 7) is 6.06. The molecule has 30 heavy (non-hydrogen) atoms. The van der Waals surface area contributed by atoms with Gasteiger partial charge in [0.25, 0.3) is 0 Å². The largest absolute Gasteiger partial charge is 0.394 e. The van der Waals surface area contributed by atoms with Crippen LogP contribution in [0.25, 0.3) is 0 Å². The highest BCUT2D eigenvalue weighted by Gasteiger charge is 2.47. The van der Waals surface area contributed by atoms with E-state index in [0.717, 1.165) is 6.42 Å². The molecule has 1 aromatic carbocycles. The Balaban J connectivity index is 2.36. The number of rotatable bonds is 9. The van der Waals surface area contributed by atoms with Gasteiger partial charge in [-0.25, -0.2) is 4.39 Å². The maximum absolute atomic E-state index is 14.9. The van der Waals surface area contributed by atoms with Gasteiger partial charge in [0, 0.05) is 17.6 Å². The fourth-order valence-corrected chi connectivity index (χ4v) is 4.03. The van der Waals surface area contributed by atoms with Crippen LogP contribution in [0.4, 0.5) is 10.1 Å². The van der Waals surface area contributed by atoms with Gasteiger partial charge in [0.2, 0.25) is 5.91 Å². The zero-order valence-electron chi connectivity index (χ0n) is 17.7. The number of hydrogen-bond donors (Lipinski definition) is 3. The van der Waals surface area contributed by atoms with Crippen molar-refractivity contribution >= 4 is 23.2 Å². The Kier molecular flexibility index (Phi) is 8.48. The molecule has 0 saturated carbocycles. The first kappa shape index (κ1) is 24.4. The number of anilines is 1. The van der Waals surface area contributed by atoms with Crippen LogP contribution >= 0.6 is 11.6 Å². The fourth-order valence-electron chi connectivity index (χ4n) is 3.87. The Morgan fingerprint density at radius 1 is 1.50 bits per heavy atom. The lowest BCUT2D eigenvalue weighted by molar-refractivity contribution is -0.122. The summed E-state index contributed by atoms with van der Waals surface area (Å²) in [4.78, 5) is 14.7. The van der Waals surface area contributed by atoms with E-state index in [1.807, 2.05) is 0 Å². The van der Waals surface area contributed by atoms with Crippen LogP contribution in [-0.4, -0.2) is 47.5 Å². The van der Waals surface area contributed by atoms with E-state index in [1.165, 1.54) is 6.07 Å². The molecule has 0 radical (unpaired) electrons. The first-order chi connectivity index (χ1) is 14.1. The van der Waals surface area contributed by atoms with E-state index in [4.69, 9.17) is 16.7 Å². The van der Waals surface area contributed by atoms with Crippen molar-refractivity contribution in [1.82, 2.24) is 5.32 Å². The van der Waals surface area contributed by atoms with Gasteiger partial charge in [-0.1, -0.05) is 38.8 Å². The van der Waals surface area contributed by atoms with E-state index < -0.39 is 23.9 Å². The van der Waals surface area contributed by atoms with Crippen LogP contribution in [0.15, 0.2) is 18.2 Å². The monoisotopic (exact) mass is 439 g/mol. The molecule has 3 N–H and O–H groups in total. The fraction of sp³-hybridized carbons (Fsp3) is 0.636. The topological polar surface area (TPSA) is 96.6 Å². The van der Waals surface area contributed by atoms with Crippen molar-refractivity contribution < 1.29 is 19.4 Å². The molecule has 2 rings (SSSR count). The van der Waals surface area contributed by atoms with Crippen LogP contribution in [0.3, 0.4) is 0 Å². The van der Waals surface area contributed by atoms with Crippen molar-refractivity contribution in [1.29, 1.82) is 5.26 Å². The molecule has 1 aliphatic rings. The number of aliphatic hydroxyl groups excluding tert-OH is 2. The summed E-state index contributed by atoms with van der Waals surface area (Å²) in [7, 11) is 0. The number of nitrogens with one attached hydrogen (secondary N) is 1. The van der Waals surface area contributed by atoms with Crippen LogP contribution in [0.5, 0.6) is 0 Å². The second-order valence-corrected chi connectivity index (χ2v) is 9.13. The van der Waals surface area contributed by atoms with Gasteiger partial charge in [0.1, 0.15) is 11.9 Å². The summed E-state index contributed by atoms with van der Waals surface area (Å²) >= 11 is 5.92. The van der Waals surface area contributed by atoms with Crippen molar-refractivity contribution in [2.45, 2.75) is 64.6 Å². The summed E-state index contributed by atoms with van der Waals surface area (Å²) in [5.74, 6) is -1.29. The van der Waals surface area contributed by atoms with Crippen molar-refractivity contribution in [3.05, 3.63) is 29.0 Å². The molecule has 1 heterocycles. The van der Waals surface area contributed by atoms with Gasteiger partial charge < -0.3 is 20.4 Å². The van der Waals surface area contributed by atoms with E-state index in [9.17, 15) is 19.6 Å². The third kappa shape index (κ3) is 5.84. The van der Waals surface area contributed by atoms with E-state index in [1.54, 1.807) is 17.0 Å². The molecule has 0 aromatic heterocycles. The van der Waals surface area contributed by atoms with Gasteiger partial charge in [-0.2, -0.15) is 5.26 Å². The summed E-state index contributed by atoms with van der Waals surface area (Å²) in [5.41, 5.74) is 0.168. The van der Waals surface area contributed by atoms with Crippen LogP contribution in [0, 0.1) is 28.5 Å². The third-order valence-electron chi connectivity index (χ3n) is 6.00. The minimum absolute atomic E-state index is 0.0858. The molecule has 1 fully saturated rings. The van der Waals surface area contributed by atoms with Gasteiger partial charge in [0.05, 0.1) is 30.4 Å². The van der Waals surface area contributed by atoms with Crippen molar-refractivity contribution in [2.24, 2.45) is 11.3 Å². The second kappa shape index (κ2) is 10.4. The molecule has 0 bridgehead atoms. The summed E-state index contributed by atoms with van der Waals surface area (Å²) in [5, 5.41) is 31.2. The number of carbonyl (C=O) groups is 1. The van der Waals surface area contributed by atoms with Crippen molar-refractivity contribution in [2.75, 3.05) is 18.1 Å². The minimum atomic E-state index is -0.913. The van der Waals surface area contributed by atoms with E-state index in [2.05, 4.69) is 32.2 Å². The van der Waals surface area contributed by atoms with Gasteiger partial charge in [-0.3, -0.25) is 4.79 Å². The van der Waals surface area contributed by atoms with Gasteiger partial charge in [-0.05, 0) is 42.9 Å². The lowest BCUT2D eigenvalue weighted by atomic mass is 9.80. The first-order valence-electron chi connectivity index (χ1n) is 10.3. The first-order valence-corrected chi connectivity index (χ1v) is 10.7. The second-order valence-electron chi connectivity index (χ2n) is 8.70. The maximum Gasteiger partial charge on any atom is 0.242 e. The Morgan fingerprint density at radius 3 is 2.77 bits per heavy atom. The number of aliphatic hydroxyl groups is 2. The molecular weight excluding hydrogens is 409 g/mol. The zero-order chi connectivity index (χ0) is 22.5. The number of hydrogen-bond acceptors (Lipinski definition) is 5. The Morgan fingerprint density at radius 2 is 2.20 bits per heavy atom. The SMILES string of the molecule is CCC(C)(C)CC1C(C#N)CC(C(=O)NCC[C@H](O)CO)N1c1ccc(Cl)cc1F. The number of halogens is 2. The number of carbonyl (C=O) groups excluding carboxylic acids is 1. The van der Waals surface area contributed by atoms with E-state index in [-0.39, 0.29) is 54.1 Å². The Labute approximate surface area is 182 Å². The molecular formula is C22H31ClFN3O3. The quantitative estimate of drug-likeness (QED) is 0.548. The molecule has 4 atom stereocenters. The lowest BCUT2D eigenvalue weighted by Gasteiger charge is -2.37. The predicted molar refractivity (Wildman–Crippen MR) is 115 cm³/mol. The average Bonchev–Trinajstić information content (AvgIpc) is 3.05. The highest BCUT2D eigenvalue weighted by molar-refractivity contribution is 6.30. The van der Waals surface area contributed by atoms with Crippen LogP contribution < -0.4 is 10.2 Å². The molecule has 8 heteroatoms. The molecule has 0 aliphatic carbocycles. The molecule has 1 aliphatic heterocycles. The van der Waals surface area contributed by atoms with Crippen molar-refractivity contribution in [3.63, 3.8) is 0 Å². The van der Waals surface area contributed by atoms with E-state index >= 15 is 0 Å². The number of amides is 1. The molecule has 6 nitrogen and oxygen atoms in total. The molecule has 3 unspecified atom stereocenters. The summed E-state index contributed by atoms with van der Waals surface area (Å²) < 4.78 is 14.9. The maximum atomic E-state index is 14.9. The van der Waals surface area contributed by atoms with Crippen molar-refractivity contribution in [3.8, 4) is 6.07 Å². The normalized spacial score (nSPS) is 22.6. The van der Waals surface area contributed by atoms with Crippen LogP contribution in [0.1, 0.15) is 46.5 Å². The summed E-state index contributed by atoms with van der Waals surface area (Å²) in [6.07, 6.45) is 1.10. The zero-order valence-corrected chi connectivity index (χ0v) is 18.5. The van der Waals surface area contributed by atoms with Gasteiger partial charge in [-0.15, -0.1) is 0 Å². The Hall–Kier alpha value is -1.88. The Bertz CT molecular complexity index is 783. The van der Waals surface area contributed by atoms with Gasteiger partial charge >= 0.3 is 0 Å². The smallest absolute Gasteiger partial charge is 0.242 e. The highest BCUT2D eigenvalue weighted by Crippen LogP contribution is 2.42. The van der Waals surface area contributed by atoms with Crippen LogP contribution in [0.2, 0.25) is 5.02 Å². The molecule has 1 aromatic rings. The molecule has 166 valence electrons. The lowest BCUT2D eigenvalue weighted by Crippen LogP contribution is -2.48. The van der Waals surface area contributed by atoms with Gasteiger partial charge in [0.15, 0.2) is 0 Å². The van der Waals surface area contributed by atoms with Crippen LogP contribution in [-0.2, 0) is 4.79 Å². The number of nitriles is 1. The molecule has 1 saturated heterocycles. The standard InChI is InChI=1S/C22H31ClFN3O3/c1-4-22(2,3)11-20-14(12-25)9-19(21(30)26-8-7-16(29)13-28)27(20)18-6-5-15(23)10-17(18)24/h5-6,10,14,16,19-20,28-29H,4,7-9,11,13H2,1-3H3,(H,26,30)/t14?,16-,19?,20?/m0/s1. The third-order valence-corrected chi connectivity index (χ3v) is 6.23. The molecule has 1 amide bonds.